The zero-order valence-electron chi connectivity index (χ0n) is 10.8. The molecule has 0 atom stereocenters. The molecule has 0 radical (unpaired) electrons. The third-order valence-electron chi connectivity index (χ3n) is 2.89. The summed E-state index contributed by atoms with van der Waals surface area (Å²) in [5.41, 5.74) is 0.467. The molecule has 0 unspecified atom stereocenters. The normalized spacial score (nSPS) is 10.5. The molecule has 3 aromatic rings. The van der Waals surface area contributed by atoms with Crippen LogP contribution in [-0.4, -0.2) is 4.37 Å². The molecular formula is C14H10ClN3S3. The number of aromatic nitrogens is 1. The summed E-state index contributed by atoms with van der Waals surface area (Å²) >= 11 is 10.7. The minimum Gasteiger partial charge on any atom is -0.351 e. The van der Waals surface area contributed by atoms with Gasteiger partial charge in [0.25, 0.3) is 0 Å². The molecular weight excluding hydrogens is 342 g/mol. The minimum atomic E-state index is 0.292. The average molecular weight is 352 g/mol. The molecule has 0 aliphatic rings. The lowest BCUT2D eigenvalue weighted by Gasteiger charge is -2.21. The van der Waals surface area contributed by atoms with Crippen molar-refractivity contribution in [3.05, 3.63) is 55.5 Å². The highest BCUT2D eigenvalue weighted by atomic mass is 35.5. The molecule has 0 saturated carbocycles. The summed E-state index contributed by atoms with van der Waals surface area (Å²) < 4.78 is 4.12. The Morgan fingerprint density at radius 3 is 2.24 bits per heavy atom. The number of thiophene rings is 2. The third-order valence-corrected chi connectivity index (χ3v) is 5.89. The summed E-state index contributed by atoms with van der Waals surface area (Å²) in [6.45, 7) is 1.51. The van der Waals surface area contributed by atoms with Crippen LogP contribution in [0.3, 0.4) is 0 Å². The molecule has 0 fully saturated rings. The van der Waals surface area contributed by atoms with Gasteiger partial charge in [0, 0.05) is 9.75 Å². The number of halogens is 1. The number of hydrogen-bond donors (Lipinski definition) is 0. The highest BCUT2D eigenvalue weighted by Gasteiger charge is 2.19. The Morgan fingerprint density at radius 2 is 1.76 bits per heavy atom. The van der Waals surface area contributed by atoms with Crippen molar-refractivity contribution in [3.63, 3.8) is 0 Å². The van der Waals surface area contributed by atoms with Crippen LogP contribution in [0.2, 0.25) is 5.15 Å². The standard InChI is InChI=1S/C14H10ClN3S3/c15-13-12(7-16)14(21-17-13)18(8-10-3-1-5-19-10)9-11-4-2-6-20-11/h1-6H,8-9H2. The maximum Gasteiger partial charge on any atom is 0.162 e. The monoisotopic (exact) mass is 351 g/mol. The number of anilines is 1. The van der Waals surface area contributed by atoms with E-state index in [1.807, 2.05) is 12.1 Å². The molecule has 0 aliphatic heterocycles. The Labute approximate surface area is 139 Å². The number of nitrogens with zero attached hydrogens (tertiary/aromatic N) is 3. The van der Waals surface area contributed by atoms with Crippen molar-refractivity contribution in [2.75, 3.05) is 4.90 Å². The van der Waals surface area contributed by atoms with E-state index >= 15 is 0 Å². The molecule has 3 heterocycles. The lowest BCUT2D eigenvalue weighted by atomic mass is 10.3. The fourth-order valence-corrected chi connectivity index (χ4v) is 4.42. The van der Waals surface area contributed by atoms with Gasteiger partial charge in [-0.25, -0.2) is 0 Å². The quantitative estimate of drug-likeness (QED) is 0.649. The highest BCUT2D eigenvalue weighted by Crippen LogP contribution is 2.34. The second-order valence-electron chi connectivity index (χ2n) is 4.28. The zero-order valence-corrected chi connectivity index (χ0v) is 14.0. The lowest BCUT2D eigenvalue weighted by Crippen LogP contribution is -2.20. The van der Waals surface area contributed by atoms with Gasteiger partial charge in [-0.3, -0.25) is 0 Å². The van der Waals surface area contributed by atoms with Crippen molar-refractivity contribution in [2.24, 2.45) is 0 Å². The summed E-state index contributed by atoms with van der Waals surface area (Å²) in [5.74, 6) is 0. The van der Waals surface area contributed by atoms with E-state index in [9.17, 15) is 5.26 Å². The van der Waals surface area contributed by atoms with Crippen molar-refractivity contribution in [2.45, 2.75) is 13.1 Å². The van der Waals surface area contributed by atoms with Crippen LogP contribution in [0.15, 0.2) is 35.0 Å². The molecule has 0 amide bonds. The molecule has 21 heavy (non-hydrogen) atoms. The van der Waals surface area contributed by atoms with Gasteiger partial charge >= 0.3 is 0 Å². The highest BCUT2D eigenvalue weighted by molar-refractivity contribution is 7.11. The molecule has 0 N–H and O–H groups in total. The van der Waals surface area contributed by atoms with Gasteiger partial charge in [-0.1, -0.05) is 23.7 Å². The first-order valence-corrected chi connectivity index (χ1v) is 9.04. The second kappa shape index (κ2) is 6.58. The van der Waals surface area contributed by atoms with Gasteiger partial charge in [0.1, 0.15) is 16.6 Å². The number of rotatable bonds is 5. The molecule has 3 aromatic heterocycles. The summed E-state index contributed by atoms with van der Waals surface area (Å²) in [6.07, 6.45) is 0. The summed E-state index contributed by atoms with van der Waals surface area (Å²) in [5, 5.41) is 14.5. The van der Waals surface area contributed by atoms with Crippen LogP contribution in [0.4, 0.5) is 5.00 Å². The fraction of sp³-hybridized carbons (Fsp3) is 0.143. The maximum atomic E-state index is 9.30. The number of hydrogen-bond acceptors (Lipinski definition) is 6. The average Bonchev–Trinajstić information content (AvgIpc) is 3.19. The second-order valence-corrected chi connectivity index (χ2v) is 7.45. The van der Waals surface area contributed by atoms with Gasteiger partial charge in [-0.2, -0.15) is 9.64 Å². The van der Waals surface area contributed by atoms with Crippen LogP contribution in [0.5, 0.6) is 0 Å². The van der Waals surface area contributed by atoms with Gasteiger partial charge in [0.2, 0.25) is 0 Å². The largest absolute Gasteiger partial charge is 0.351 e. The predicted octanol–water partition coefficient (Wildman–Crippen LogP) is 5.00. The molecule has 3 nitrogen and oxygen atoms in total. The van der Waals surface area contributed by atoms with Crippen LogP contribution in [-0.2, 0) is 13.1 Å². The smallest absolute Gasteiger partial charge is 0.162 e. The Morgan fingerprint density at radius 1 is 1.14 bits per heavy atom. The van der Waals surface area contributed by atoms with Crippen LogP contribution in [0.1, 0.15) is 15.3 Å². The van der Waals surface area contributed by atoms with Crippen LogP contribution < -0.4 is 4.90 Å². The molecule has 3 rings (SSSR count). The van der Waals surface area contributed by atoms with Crippen molar-refractivity contribution >= 4 is 50.8 Å². The van der Waals surface area contributed by atoms with Gasteiger partial charge in [0.05, 0.1) is 13.1 Å². The summed E-state index contributed by atoms with van der Waals surface area (Å²) in [4.78, 5) is 4.67. The fourth-order valence-electron chi connectivity index (χ4n) is 1.95. The van der Waals surface area contributed by atoms with E-state index in [4.69, 9.17) is 11.6 Å². The van der Waals surface area contributed by atoms with E-state index < -0.39 is 0 Å². The topological polar surface area (TPSA) is 39.9 Å². The van der Waals surface area contributed by atoms with E-state index in [-0.39, 0.29) is 0 Å². The first-order valence-electron chi connectivity index (χ1n) is 6.13. The first-order chi connectivity index (χ1) is 10.3. The van der Waals surface area contributed by atoms with Gasteiger partial charge < -0.3 is 4.90 Å². The van der Waals surface area contributed by atoms with E-state index in [1.54, 1.807) is 22.7 Å². The minimum absolute atomic E-state index is 0.292. The van der Waals surface area contributed by atoms with Gasteiger partial charge in [0.15, 0.2) is 5.15 Å². The van der Waals surface area contributed by atoms with Crippen molar-refractivity contribution in [1.82, 2.24) is 4.37 Å². The van der Waals surface area contributed by atoms with E-state index in [1.165, 1.54) is 21.3 Å². The van der Waals surface area contributed by atoms with Crippen molar-refractivity contribution < 1.29 is 0 Å². The van der Waals surface area contributed by atoms with Crippen LogP contribution in [0.25, 0.3) is 0 Å². The lowest BCUT2D eigenvalue weighted by molar-refractivity contribution is 0.827. The molecule has 0 bridgehead atoms. The Balaban J connectivity index is 1.93. The predicted molar refractivity (Wildman–Crippen MR) is 90.4 cm³/mol. The summed E-state index contributed by atoms with van der Waals surface area (Å²) in [6, 6.07) is 10.4. The SMILES string of the molecule is N#Cc1c(Cl)nsc1N(Cc1cccs1)Cc1cccs1. The van der Waals surface area contributed by atoms with E-state index in [2.05, 4.69) is 38.2 Å². The number of nitriles is 1. The Hall–Kier alpha value is -1.39. The molecule has 106 valence electrons. The Bertz CT molecular complexity index is 705. The molecule has 7 heteroatoms. The van der Waals surface area contributed by atoms with Crippen molar-refractivity contribution in [3.8, 4) is 6.07 Å². The van der Waals surface area contributed by atoms with Crippen LogP contribution >= 0.6 is 45.8 Å². The first kappa shape index (κ1) is 14.5. The summed E-state index contributed by atoms with van der Waals surface area (Å²) in [7, 11) is 0. The molecule has 0 aliphatic carbocycles. The van der Waals surface area contributed by atoms with Crippen molar-refractivity contribution in [1.29, 1.82) is 5.26 Å². The van der Waals surface area contributed by atoms with Gasteiger partial charge in [-0.05, 0) is 34.4 Å². The molecule has 0 saturated heterocycles. The Kier molecular flexibility index (Phi) is 4.56. The van der Waals surface area contributed by atoms with Gasteiger partial charge in [-0.15, -0.1) is 22.7 Å². The maximum absolute atomic E-state index is 9.30. The molecule has 0 aromatic carbocycles. The molecule has 0 spiro atoms. The van der Waals surface area contributed by atoms with Crippen LogP contribution in [0, 0.1) is 11.3 Å². The zero-order chi connectivity index (χ0) is 14.7. The third kappa shape index (κ3) is 3.27. The van der Waals surface area contributed by atoms with E-state index in [0.29, 0.717) is 10.7 Å². The van der Waals surface area contributed by atoms with E-state index in [0.717, 1.165) is 18.1 Å².